The van der Waals surface area contributed by atoms with Crippen molar-refractivity contribution < 1.29 is 0 Å². The summed E-state index contributed by atoms with van der Waals surface area (Å²) in [7, 11) is 0. The van der Waals surface area contributed by atoms with Crippen LogP contribution in [-0.2, 0) is 0 Å². The summed E-state index contributed by atoms with van der Waals surface area (Å²) in [5, 5.41) is 0. The third-order valence-corrected chi connectivity index (χ3v) is 1.47. The monoisotopic (exact) mass is 139 g/mol. The van der Waals surface area contributed by atoms with Crippen molar-refractivity contribution in [3.8, 4) is 0 Å². The van der Waals surface area contributed by atoms with Crippen LogP contribution in [0.5, 0.6) is 0 Å². The van der Waals surface area contributed by atoms with Gasteiger partial charge in [-0.2, -0.15) is 0 Å². The second-order valence-corrected chi connectivity index (χ2v) is 2.71. The molecule has 0 aliphatic carbocycles. The summed E-state index contributed by atoms with van der Waals surface area (Å²) in [6.07, 6.45) is 3.20. The van der Waals surface area contributed by atoms with E-state index >= 15 is 0 Å². The van der Waals surface area contributed by atoms with Crippen molar-refractivity contribution in [3.05, 3.63) is 22.9 Å². The third-order valence-electron chi connectivity index (χ3n) is 1.47. The van der Waals surface area contributed by atoms with E-state index in [2.05, 4.69) is 13.0 Å². The van der Waals surface area contributed by atoms with Gasteiger partial charge in [0.2, 0.25) is 0 Å². The van der Waals surface area contributed by atoms with Gasteiger partial charge in [0.15, 0.2) is 0 Å². The molecule has 0 saturated carbocycles. The van der Waals surface area contributed by atoms with E-state index in [1.165, 1.54) is 11.1 Å². The highest BCUT2D eigenvalue weighted by molar-refractivity contribution is 5.29. The summed E-state index contributed by atoms with van der Waals surface area (Å²) in [5.74, 6) is 0. The molecule has 1 nitrogen and oxygen atoms in total. The number of hydrogen-bond acceptors (Lipinski definition) is 1. The van der Waals surface area contributed by atoms with Gasteiger partial charge in [0.25, 0.3) is 0 Å². The molecule has 0 bridgehead atoms. The highest BCUT2D eigenvalue weighted by Crippen LogP contribution is 2.07. The Morgan fingerprint density at radius 3 is 2.10 bits per heavy atom. The molecular formula is C9H17N. The van der Waals surface area contributed by atoms with Crippen molar-refractivity contribution in [2.45, 2.75) is 34.1 Å². The first kappa shape index (κ1) is 9.28. The fourth-order valence-electron chi connectivity index (χ4n) is 0.810. The van der Waals surface area contributed by atoms with Gasteiger partial charge in [-0.1, -0.05) is 18.6 Å². The van der Waals surface area contributed by atoms with Crippen molar-refractivity contribution in [3.63, 3.8) is 0 Å². The molecule has 1 heteroatoms. The Bertz CT molecular complexity index is 160. The van der Waals surface area contributed by atoms with Crippen molar-refractivity contribution in [1.82, 2.24) is 0 Å². The van der Waals surface area contributed by atoms with Gasteiger partial charge in [-0.15, -0.1) is 0 Å². The average molecular weight is 139 g/mol. The number of rotatable bonds is 2. The lowest BCUT2D eigenvalue weighted by Crippen LogP contribution is -2.00. The zero-order valence-corrected chi connectivity index (χ0v) is 7.36. The van der Waals surface area contributed by atoms with Gasteiger partial charge in [0.05, 0.1) is 0 Å². The van der Waals surface area contributed by atoms with Crippen LogP contribution in [0.4, 0.5) is 0 Å². The van der Waals surface area contributed by atoms with Gasteiger partial charge in [0, 0.05) is 5.70 Å². The fraction of sp³-hybridized carbons (Fsp3) is 0.556. The van der Waals surface area contributed by atoms with Crippen molar-refractivity contribution >= 4 is 0 Å². The number of hydrogen-bond donors (Lipinski definition) is 1. The van der Waals surface area contributed by atoms with Crippen LogP contribution < -0.4 is 5.73 Å². The Balaban J connectivity index is 4.36. The fourth-order valence-corrected chi connectivity index (χ4v) is 0.810. The van der Waals surface area contributed by atoms with E-state index in [-0.39, 0.29) is 0 Å². The third kappa shape index (κ3) is 2.72. The molecular weight excluding hydrogens is 122 g/mol. The molecule has 0 atom stereocenters. The predicted octanol–water partition coefficient (Wildman–Crippen LogP) is 2.60. The van der Waals surface area contributed by atoms with Crippen molar-refractivity contribution in [1.29, 1.82) is 0 Å². The largest absolute Gasteiger partial charge is 0.399 e. The Hall–Kier alpha value is -0.720. The number of allylic oxidation sites excluding steroid dienone is 3. The quantitative estimate of drug-likeness (QED) is 0.585. The lowest BCUT2D eigenvalue weighted by atomic mass is 10.1. The molecule has 0 aromatic rings. The van der Waals surface area contributed by atoms with Crippen LogP contribution in [-0.4, -0.2) is 0 Å². The molecule has 0 aromatic heterocycles. The normalized spacial score (nSPS) is 11.4. The smallest absolute Gasteiger partial charge is 0.0326 e. The lowest BCUT2D eigenvalue weighted by molar-refractivity contribution is 1.13. The molecule has 0 aliphatic heterocycles. The zero-order chi connectivity index (χ0) is 8.15. The highest BCUT2D eigenvalue weighted by atomic mass is 14.6. The summed E-state index contributed by atoms with van der Waals surface area (Å²) in [5.41, 5.74) is 9.08. The first-order valence-corrected chi connectivity index (χ1v) is 3.69. The molecule has 0 radical (unpaired) electrons. The molecule has 0 heterocycles. The molecule has 0 unspecified atom stereocenters. The van der Waals surface area contributed by atoms with E-state index in [1.54, 1.807) is 0 Å². The van der Waals surface area contributed by atoms with E-state index < -0.39 is 0 Å². The Morgan fingerprint density at radius 2 is 1.80 bits per heavy atom. The highest BCUT2D eigenvalue weighted by Gasteiger charge is 1.93. The molecule has 58 valence electrons. The van der Waals surface area contributed by atoms with E-state index in [4.69, 9.17) is 5.73 Å². The maximum absolute atomic E-state index is 5.76. The van der Waals surface area contributed by atoms with Gasteiger partial charge < -0.3 is 5.73 Å². The van der Waals surface area contributed by atoms with E-state index in [0.29, 0.717) is 0 Å². The van der Waals surface area contributed by atoms with Gasteiger partial charge >= 0.3 is 0 Å². The molecule has 0 amide bonds. The maximum atomic E-state index is 5.76. The minimum atomic E-state index is 0.932. The minimum Gasteiger partial charge on any atom is -0.399 e. The molecule has 0 aromatic carbocycles. The van der Waals surface area contributed by atoms with E-state index in [1.807, 2.05) is 20.8 Å². The van der Waals surface area contributed by atoms with Gasteiger partial charge in [-0.05, 0) is 32.8 Å². The average Bonchev–Trinajstić information content (AvgIpc) is 1.87. The Kier molecular flexibility index (Phi) is 3.85. The molecule has 0 rings (SSSR count). The van der Waals surface area contributed by atoms with Crippen LogP contribution in [0.2, 0.25) is 0 Å². The standard InChI is InChI=1S/C9H17N/c1-5-6-8(4)9(10)7(2)3/h6H,5,10H2,1-4H3/b8-6-. The first-order valence-electron chi connectivity index (χ1n) is 3.69. The Labute approximate surface area is 63.6 Å². The first-order chi connectivity index (χ1) is 4.59. The molecule has 0 saturated heterocycles. The summed E-state index contributed by atoms with van der Waals surface area (Å²) in [6.45, 7) is 8.22. The van der Waals surface area contributed by atoms with Crippen LogP contribution in [0.15, 0.2) is 22.9 Å². The second-order valence-electron chi connectivity index (χ2n) is 2.71. The lowest BCUT2D eigenvalue weighted by Gasteiger charge is -2.02. The zero-order valence-electron chi connectivity index (χ0n) is 7.36. The predicted molar refractivity (Wildman–Crippen MR) is 46.6 cm³/mol. The summed E-state index contributed by atoms with van der Waals surface area (Å²) >= 11 is 0. The van der Waals surface area contributed by atoms with Crippen LogP contribution >= 0.6 is 0 Å². The molecule has 0 spiro atoms. The van der Waals surface area contributed by atoms with Crippen LogP contribution in [0.1, 0.15) is 34.1 Å². The molecule has 10 heavy (non-hydrogen) atoms. The van der Waals surface area contributed by atoms with Crippen molar-refractivity contribution in [2.75, 3.05) is 0 Å². The molecule has 0 aliphatic rings. The summed E-state index contributed by atoms with van der Waals surface area (Å²) < 4.78 is 0. The second kappa shape index (κ2) is 4.15. The molecule has 2 N–H and O–H groups in total. The van der Waals surface area contributed by atoms with Crippen LogP contribution in [0.25, 0.3) is 0 Å². The topological polar surface area (TPSA) is 26.0 Å². The van der Waals surface area contributed by atoms with E-state index in [0.717, 1.165) is 12.1 Å². The van der Waals surface area contributed by atoms with Gasteiger partial charge in [0.1, 0.15) is 0 Å². The summed E-state index contributed by atoms with van der Waals surface area (Å²) in [6, 6.07) is 0. The SMILES string of the molecule is CC/C=C(/C)C(N)=C(C)C. The van der Waals surface area contributed by atoms with Crippen LogP contribution in [0.3, 0.4) is 0 Å². The minimum absolute atomic E-state index is 0.932. The van der Waals surface area contributed by atoms with Gasteiger partial charge in [-0.3, -0.25) is 0 Å². The Morgan fingerprint density at radius 1 is 1.30 bits per heavy atom. The maximum Gasteiger partial charge on any atom is 0.0326 e. The molecule has 0 fully saturated rings. The van der Waals surface area contributed by atoms with Crippen LogP contribution in [0, 0.1) is 0 Å². The number of nitrogens with two attached hydrogens (primary N) is 1. The van der Waals surface area contributed by atoms with Gasteiger partial charge in [-0.25, -0.2) is 0 Å². The summed E-state index contributed by atoms with van der Waals surface area (Å²) in [4.78, 5) is 0. The van der Waals surface area contributed by atoms with Crippen molar-refractivity contribution in [2.24, 2.45) is 5.73 Å². The van der Waals surface area contributed by atoms with E-state index in [9.17, 15) is 0 Å².